The summed E-state index contributed by atoms with van der Waals surface area (Å²) in [5.41, 5.74) is 7.05. The second kappa shape index (κ2) is 4.88. The Bertz CT molecular complexity index is 503. The molecule has 2 atom stereocenters. The predicted octanol–water partition coefficient (Wildman–Crippen LogP) is 1.98. The van der Waals surface area contributed by atoms with E-state index in [9.17, 15) is 5.11 Å². The van der Waals surface area contributed by atoms with Crippen LogP contribution in [0.15, 0.2) is 0 Å². The van der Waals surface area contributed by atoms with E-state index in [2.05, 4.69) is 23.7 Å². The number of aromatic nitrogens is 2. The van der Waals surface area contributed by atoms with Gasteiger partial charge in [-0.25, -0.2) is 9.97 Å². The minimum atomic E-state index is -0.159. The maximum atomic E-state index is 9.94. The maximum absolute atomic E-state index is 9.94. The average molecular weight is 276 g/mol. The molecule has 2 unspecified atom stereocenters. The normalized spacial score (nSPS) is 29.2. The van der Waals surface area contributed by atoms with Crippen LogP contribution < -0.4 is 10.6 Å². The third-order valence-corrected chi connectivity index (χ3v) is 4.64. The SMILES string of the molecule is Cc1c(N)nc(C(C)C)nc1N1C2CCC1CC(O)C2. The summed E-state index contributed by atoms with van der Waals surface area (Å²) in [6.07, 6.45) is 3.81. The van der Waals surface area contributed by atoms with E-state index in [1.165, 1.54) is 0 Å². The Labute approximate surface area is 120 Å². The molecule has 0 amide bonds. The summed E-state index contributed by atoms with van der Waals surface area (Å²) in [7, 11) is 0. The highest BCUT2D eigenvalue weighted by Crippen LogP contribution is 2.40. The highest BCUT2D eigenvalue weighted by molar-refractivity contribution is 5.58. The Morgan fingerprint density at radius 1 is 1.20 bits per heavy atom. The molecule has 3 N–H and O–H groups in total. The van der Waals surface area contributed by atoms with Crippen LogP contribution in [0.4, 0.5) is 11.6 Å². The van der Waals surface area contributed by atoms with Gasteiger partial charge in [0.25, 0.3) is 0 Å². The second-order valence-corrected chi connectivity index (χ2v) is 6.49. The maximum Gasteiger partial charge on any atom is 0.137 e. The summed E-state index contributed by atoms with van der Waals surface area (Å²) in [5.74, 6) is 2.66. The first-order valence-electron chi connectivity index (χ1n) is 7.57. The molecule has 3 rings (SSSR count). The van der Waals surface area contributed by atoms with Gasteiger partial charge in [0.05, 0.1) is 6.10 Å². The van der Waals surface area contributed by atoms with Gasteiger partial charge in [-0.05, 0) is 32.6 Å². The molecule has 2 aliphatic rings. The smallest absolute Gasteiger partial charge is 0.137 e. The fraction of sp³-hybridized carbons (Fsp3) is 0.733. The number of nitrogens with zero attached hydrogens (tertiary/aromatic N) is 3. The summed E-state index contributed by atoms with van der Waals surface area (Å²) in [6.45, 7) is 6.17. The summed E-state index contributed by atoms with van der Waals surface area (Å²) < 4.78 is 0. The molecule has 2 aliphatic heterocycles. The van der Waals surface area contributed by atoms with Crippen LogP contribution in [-0.4, -0.2) is 33.3 Å². The molecule has 0 saturated carbocycles. The summed E-state index contributed by atoms with van der Waals surface area (Å²) in [4.78, 5) is 11.6. The average Bonchev–Trinajstić information content (AvgIpc) is 2.64. The summed E-state index contributed by atoms with van der Waals surface area (Å²) in [5, 5.41) is 9.94. The molecule has 3 heterocycles. The van der Waals surface area contributed by atoms with Crippen LogP contribution >= 0.6 is 0 Å². The van der Waals surface area contributed by atoms with Crippen LogP contribution in [0.25, 0.3) is 0 Å². The highest BCUT2D eigenvalue weighted by atomic mass is 16.3. The fourth-order valence-electron chi connectivity index (χ4n) is 3.54. The summed E-state index contributed by atoms with van der Waals surface area (Å²) in [6, 6.07) is 0.800. The standard InChI is InChI=1S/C15H24N4O/c1-8(2)14-17-13(16)9(3)15(18-14)19-10-4-5-11(19)7-12(20)6-10/h8,10-12,20H,4-7H2,1-3H3,(H2,16,17,18). The summed E-state index contributed by atoms with van der Waals surface area (Å²) >= 11 is 0. The van der Waals surface area contributed by atoms with Crippen molar-refractivity contribution >= 4 is 11.6 Å². The number of aliphatic hydroxyl groups is 1. The van der Waals surface area contributed by atoms with E-state index in [4.69, 9.17) is 10.7 Å². The van der Waals surface area contributed by atoms with Crippen molar-refractivity contribution in [3.05, 3.63) is 11.4 Å². The Kier molecular flexibility index (Phi) is 3.32. The molecule has 0 aromatic carbocycles. The van der Waals surface area contributed by atoms with Crippen LogP contribution in [0.5, 0.6) is 0 Å². The number of rotatable bonds is 2. The van der Waals surface area contributed by atoms with Gasteiger partial charge in [-0.3, -0.25) is 0 Å². The number of hydrogen-bond donors (Lipinski definition) is 2. The minimum absolute atomic E-state index is 0.159. The third-order valence-electron chi connectivity index (χ3n) is 4.64. The minimum Gasteiger partial charge on any atom is -0.393 e. The molecule has 2 fully saturated rings. The zero-order valence-electron chi connectivity index (χ0n) is 12.5. The van der Waals surface area contributed by atoms with Gasteiger partial charge in [-0.1, -0.05) is 13.8 Å². The van der Waals surface area contributed by atoms with Gasteiger partial charge < -0.3 is 15.7 Å². The quantitative estimate of drug-likeness (QED) is 0.864. The third kappa shape index (κ3) is 2.14. The Morgan fingerprint density at radius 2 is 1.80 bits per heavy atom. The van der Waals surface area contributed by atoms with Crippen LogP contribution in [0.3, 0.4) is 0 Å². The van der Waals surface area contributed by atoms with Gasteiger partial charge >= 0.3 is 0 Å². The van der Waals surface area contributed by atoms with Gasteiger partial charge in [0.2, 0.25) is 0 Å². The van der Waals surface area contributed by atoms with Crippen molar-refractivity contribution in [2.45, 2.75) is 70.6 Å². The highest BCUT2D eigenvalue weighted by Gasteiger charge is 2.41. The molecule has 110 valence electrons. The van der Waals surface area contributed by atoms with Crippen molar-refractivity contribution in [3.8, 4) is 0 Å². The van der Waals surface area contributed by atoms with Gasteiger partial charge in [0.15, 0.2) is 0 Å². The Hall–Kier alpha value is -1.36. The number of nitrogen functional groups attached to an aromatic ring is 1. The van der Waals surface area contributed by atoms with Gasteiger partial charge in [0.1, 0.15) is 17.5 Å². The number of anilines is 2. The van der Waals surface area contributed by atoms with E-state index in [0.717, 1.165) is 42.9 Å². The first-order chi connectivity index (χ1) is 9.47. The monoisotopic (exact) mass is 276 g/mol. The molecule has 0 radical (unpaired) electrons. The first-order valence-corrected chi connectivity index (χ1v) is 7.57. The molecule has 5 heteroatoms. The van der Waals surface area contributed by atoms with Crippen molar-refractivity contribution < 1.29 is 5.11 Å². The topological polar surface area (TPSA) is 75.3 Å². The van der Waals surface area contributed by atoms with E-state index in [1.54, 1.807) is 0 Å². The second-order valence-electron chi connectivity index (χ2n) is 6.49. The van der Waals surface area contributed by atoms with E-state index in [1.807, 2.05) is 6.92 Å². The van der Waals surface area contributed by atoms with Crippen LogP contribution in [0.2, 0.25) is 0 Å². The molecular weight excluding hydrogens is 252 g/mol. The molecule has 2 saturated heterocycles. The van der Waals surface area contributed by atoms with Gasteiger partial charge in [-0.15, -0.1) is 0 Å². The molecule has 1 aromatic rings. The number of piperidine rings is 1. The Balaban J connectivity index is 2.02. The van der Waals surface area contributed by atoms with Crippen molar-refractivity contribution in [3.63, 3.8) is 0 Å². The predicted molar refractivity (Wildman–Crippen MR) is 79.8 cm³/mol. The number of nitrogens with two attached hydrogens (primary N) is 1. The Morgan fingerprint density at radius 3 is 2.35 bits per heavy atom. The lowest BCUT2D eigenvalue weighted by Gasteiger charge is -2.39. The molecule has 2 bridgehead atoms. The molecule has 0 spiro atoms. The lowest BCUT2D eigenvalue weighted by Crippen LogP contribution is -2.45. The molecule has 5 nitrogen and oxygen atoms in total. The van der Waals surface area contributed by atoms with Crippen molar-refractivity contribution in [2.24, 2.45) is 0 Å². The van der Waals surface area contributed by atoms with E-state index in [-0.39, 0.29) is 12.0 Å². The van der Waals surface area contributed by atoms with Gasteiger partial charge in [0, 0.05) is 23.6 Å². The van der Waals surface area contributed by atoms with E-state index < -0.39 is 0 Å². The zero-order chi connectivity index (χ0) is 14.4. The number of hydrogen-bond acceptors (Lipinski definition) is 5. The zero-order valence-corrected chi connectivity index (χ0v) is 12.5. The fourth-order valence-corrected chi connectivity index (χ4v) is 3.54. The lowest BCUT2D eigenvalue weighted by atomic mass is 9.99. The van der Waals surface area contributed by atoms with Crippen molar-refractivity contribution in [1.82, 2.24) is 9.97 Å². The molecule has 20 heavy (non-hydrogen) atoms. The van der Waals surface area contributed by atoms with E-state index >= 15 is 0 Å². The molecular formula is C15H24N4O. The van der Waals surface area contributed by atoms with Crippen molar-refractivity contribution in [2.75, 3.05) is 10.6 Å². The number of aliphatic hydroxyl groups excluding tert-OH is 1. The van der Waals surface area contributed by atoms with Gasteiger partial charge in [-0.2, -0.15) is 0 Å². The van der Waals surface area contributed by atoms with Crippen LogP contribution in [0.1, 0.15) is 56.8 Å². The molecule has 1 aromatic heterocycles. The number of fused-ring (bicyclic) bond motifs is 2. The van der Waals surface area contributed by atoms with Crippen LogP contribution in [-0.2, 0) is 0 Å². The lowest BCUT2D eigenvalue weighted by molar-refractivity contribution is 0.126. The van der Waals surface area contributed by atoms with E-state index in [0.29, 0.717) is 17.9 Å². The van der Waals surface area contributed by atoms with Crippen molar-refractivity contribution in [1.29, 1.82) is 0 Å². The van der Waals surface area contributed by atoms with Crippen LogP contribution in [0, 0.1) is 6.92 Å². The first kappa shape index (κ1) is 13.6. The molecule has 0 aliphatic carbocycles. The largest absolute Gasteiger partial charge is 0.393 e.